The highest BCUT2D eigenvalue weighted by Gasteiger charge is 2.13. The quantitative estimate of drug-likeness (QED) is 0.763. The Morgan fingerprint density at radius 3 is 2.87 bits per heavy atom. The number of pyridine rings is 1. The number of anilines is 1. The lowest BCUT2D eigenvalue weighted by molar-refractivity contribution is 0.0946. The highest BCUT2D eigenvalue weighted by molar-refractivity contribution is 5.93. The Morgan fingerprint density at radius 2 is 2.17 bits per heavy atom. The van der Waals surface area contributed by atoms with Crippen molar-refractivity contribution in [2.24, 2.45) is 0 Å². The standard InChI is InChI=1S/C16H15N5O2/c1-10-4-5-11(8-18-10)9-19-15(22)13-7-12(20-16(17)21-13)14-3-2-6-23-14/h2-8H,9H2,1H3,(H,19,22)(H2,17,20,21). The second-order valence-electron chi connectivity index (χ2n) is 4.96. The Kier molecular flexibility index (Phi) is 4.01. The van der Waals surface area contributed by atoms with Gasteiger partial charge in [0.1, 0.15) is 11.4 Å². The van der Waals surface area contributed by atoms with E-state index in [4.69, 9.17) is 10.2 Å². The minimum absolute atomic E-state index is 0.0149. The van der Waals surface area contributed by atoms with Crippen LogP contribution in [0.5, 0.6) is 0 Å². The Bertz CT molecular complexity index is 813. The number of hydrogen-bond acceptors (Lipinski definition) is 6. The summed E-state index contributed by atoms with van der Waals surface area (Å²) in [5, 5.41) is 2.78. The van der Waals surface area contributed by atoms with Gasteiger partial charge in [-0.1, -0.05) is 6.07 Å². The smallest absolute Gasteiger partial charge is 0.270 e. The summed E-state index contributed by atoms with van der Waals surface area (Å²) in [5.74, 6) is 0.199. The van der Waals surface area contributed by atoms with Crippen molar-refractivity contribution in [3.63, 3.8) is 0 Å². The summed E-state index contributed by atoms with van der Waals surface area (Å²) in [5.41, 5.74) is 8.14. The lowest BCUT2D eigenvalue weighted by atomic mass is 10.2. The average molecular weight is 309 g/mol. The summed E-state index contributed by atoms with van der Waals surface area (Å²) in [4.78, 5) is 24.5. The SMILES string of the molecule is Cc1ccc(CNC(=O)c2cc(-c3ccco3)nc(N)n2)cn1. The van der Waals surface area contributed by atoms with Crippen molar-refractivity contribution in [3.8, 4) is 11.5 Å². The fourth-order valence-electron chi connectivity index (χ4n) is 2.01. The third-order valence-electron chi connectivity index (χ3n) is 3.18. The van der Waals surface area contributed by atoms with Gasteiger partial charge in [-0.2, -0.15) is 0 Å². The molecule has 0 aliphatic rings. The van der Waals surface area contributed by atoms with E-state index in [1.807, 2.05) is 19.1 Å². The second-order valence-corrected chi connectivity index (χ2v) is 4.96. The van der Waals surface area contributed by atoms with Crippen LogP contribution >= 0.6 is 0 Å². The zero-order chi connectivity index (χ0) is 16.2. The predicted molar refractivity (Wildman–Crippen MR) is 84.3 cm³/mol. The van der Waals surface area contributed by atoms with E-state index in [9.17, 15) is 4.79 Å². The van der Waals surface area contributed by atoms with Crippen LogP contribution in [0.25, 0.3) is 11.5 Å². The van der Waals surface area contributed by atoms with Gasteiger partial charge in [0.05, 0.1) is 6.26 Å². The molecule has 0 bridgehead atoms. The van der Waals surface area contributed by atoms with E-state index in [2.05, 4.69) is 20.3 Å². The summed E-state index contributed by atoms with van der Waals surface area (Å²) in [7, 11) is 0. The first-order valence-electron chi connectivity index (χ1n) is 7.00. The summed E-state index contributed by atoms with van der Waals surface area (Å²) in [6.45, 7) is 2.26. The molecule has 0 aromatic carbocycles. The highest BCUT2D eigenvalue weighted by Crippen LogP contribution is 2.18. The Hall–Kier alpha value is -3.22. The summed E-state index contributed by atoms with van der Waals surface area (Å²) in [6.07, 6.45) is 3.25. The molecule has 3 heterocycles. The molecule has 0 saturated heterocycles. The molecule has 7 nitrogen and oxygen atoms in total. The number of nitrogens with two attached hydrogens (primary N) is 1. The van der Waals surface area contributed by atoms with Crippen LogP contribution < -0.4 is 11.1 Å². The first-order chi connectivity index (χ1) is 11.1. The van der Waals surface area contributed by atoms with Crippen molar-refractivity contribution in [2.45, 2.75) is 13.5 Å². The number of aryl methyl sites for hydroxylation is 1. The van der Waals surface area contributed by atoms with Crippen LogP contribution in [0.2, 0.25) is 0 Å². The van der Waals surface area contributed by atoms with Crippen LogP contribution in [-0.4, -0.2) is 20.9 Å². The summed E-state index contributed by atoms with van der Waals surface area (Å²) in [6, 6.07) is 8.81. The maximum Gasteiger partial charge on any atom is 0.270 e. The maximum absolute atomic E-state index is 12.3. The van der Waals surface area contributed by atoms with E-state index in [-0.39, 0.29) is 17.5 Å². The van der Waals surface area contributed by atoms with E-state index in [1.54, 1.807) is 18.3 Å². The molecule has 0 atom stereocenters. The lowest BCUT2D eigenvalue weighted by Gasteiger charge is -2.06. The molecule has 3 aromatic rings. The number of aromatic nitrogens is 3. The maximum atomic E-state index is 12.3. The second kappa shape index (κ2) is 6.27. The predicted octanol–water partition coefficient (Wildman–Crippen LogP) is 1.95. The molecule has 0 aliphatic carbocycles. The van der Waals surface area contributed by atoms with E-state index in [0.717, 1.165) is 11.3 Å². The van der Waals surface area contributed by atoms with Crippen LogP contribution in [0.4, 0.5) is 5.95 Å². The van der Waals surface area contributed by atoms with E-state index in [1.165, 1.54) is 12.3 Å². The number of nitrogens with one attached hydrogen (secondary N) is 1. The molecule has 0 unspecified atom stereocenters. The van der Waals surface area contributed by atoms with Gasteiger partial charge in [0, 0.05) is 18.4 Å². The van der Waals surface area contributed by atoms with Crippen molar-refractivity contribution in [1.29, 1.82) is 0 Å². The van der Waals surface area contributed by atoms with Gasteiger partial charge in [0.15, 0.2) is 5.76 Å². The fraction of sp³-hybridized carbons (Fsp3) is 0.125. The van der Waals surface area contributed by atoms with Gasteiger partial charge in [-0.3, -0.25) is 9.78 Å². The molecule has 3 aromatic heterocycles. The monoisotopic (exact) mass is 309 g/mol. The molecule has 0 saturated carbocycles. The molecule has 23 heavy (non-hydrogen) atoms. The molecule has 116 valence electrons. The number of hydrogen-bond donors (Lipinski definition) is 2. The van der Waals surface area contributed by atoms with Crippen molar-refractivity contribution in [1.82, 2.24) is 20.3 Å². The van der Waals surface area contributed by atoms with Gasteiger partial charge in [-0.25, -0.2) is 9.97 Å². The topological polar surface area (TPSA) is 107 Å². The summed E-state index contributed by atoms with van der Waals surface area (Å²) < 4.78 is 5.26. The molecule has 3 rings (SSSR count). The van der Waals surface area contributed by atoms with Crippen molar-refractivity contribution in [2.75, 3.05) is 5.73 Å². The number of nitrogen functional groups attached to an aromatic ring is 1. The van der Waals surface area contributed by atoms with Gasteiger partial charge in [-0.15, -0.1) is 0 Å². The largest absolute Gasteiger partial charge is 0.463 e. The first-order valence-corrected chi connectivity index (χ1v) is 7.00. The number of amides is 1. The molecular weight excluding hydrogens is 294 g/mol. The minimum atomic E-state index is -0.340. The molecule has 1 amide bonds. The third kappa shape index (κ3) is 3.52. The van der Waals surface area contributed by atoms with Crippen LogP contribution in [-0.2, 0) is 6.54 Å². The fourth-order valence-corrected chi connectivity index (χ4v) is 2.01. The molecule has 0 radical (unpaired) electrons. The minimum Gasteiger partial charge on any atom is -0.463 e. The summed E-state index contributed by atoms with van der Waals surface area (Å²) >= 11 is 0. The van der Waals surface area contributed by atoms with Gasteiger partial charge in [0.25, 0.3) is 5.91 Å². The first kappa shape index (κ1) is 14.7. The van der Waals surface area contributed by atoms with Gasteiger partial charge < -0.3 is 15.5 Å². The third-order valence-corrected chi connectivity index (χ3v) is 3.18. The Balaban J connectivity index is 1.75. The average Bonchev–Trinajstić information content (AvgIpc) is 3.08. The molecule has 0 aliphatic heterocycles. The van der Waals surface area contributed by atoms with E-state index < -0.39 is 0 Å². The van der Waals surface area contributed by atoms with Crippen molar-refractivity contribution < 1.29 is 9.21 Å². The number of rotatable bonds is 4. The Morgan fingerprint density at radius 1 is 1.30 bits per heavy atom. The van der Waals surface area contributed by atoms with E-state index >= 15 is 0 Å². The lowest BCUT2D eigenvalue weighted by Crippen LogP contribution is -2.24. The normalized spacial score (nSPS) is 10.5. The molecule has 3 N–H and O–H groups in total. The Labute approximate surface area is 132 Å². The van der Waals surface area contributed by atoms with Crippen molar-refractivity contribution in [3.05, 3.63) is 59.7 Å². The van der Waals surface area contributed by atoms with Crippen LogP contribution in [0.3, 0.4) is 0 Å². The molecular formula is C16H15N5O2. The van der Waals surface area contributed by atoms with Gasteiger partial charge in [0.2, 0.25) is 5.95 Å². The highest BCUT2D eigenvalue weighted by atomic mass is 16.3. The zero-order valence-electron chi connectivity index (χ0n) is 12.5. The molecule has 7 heteroatoms. The number of carbonyl (C=O) groups excluding carboxylic acids is 1. The van der Waals surface area contributed by atoms with Gasteiger partial charge >= 0.3 is 0 Å². The number of carbonyl (C=O) groups is 1. The van der Waals surface area contributed by atoms with Crippen LogP contribution in [0.15, 0.2) is 47.2 Å². The van der Waals surface area contributed by atoms with Gasteiger partial charge in [-0.05, 0) is 36.8 Å². The van der Waals surface area contributed by atoms with Crippen LogP contribution in [0, 0.1) is 6.92 Å². The van der Waals surface area contributed by atoms with E-state index in [0.29, 0.717) is 18.0 Å². The molecule has 0 spiro atoms. The molecule has 0 fully saturated rings. The van der Waals surface area contributed by atoms with Crippen LogP contribution in [0.1, 0.15) is 21.7 Å². The zero-order valence-corrected chi connectivity index (χ0v) is 12.5. The number of nitrogens with zero attached hydrogens (tertiary/aromatic N) is 3. The number of furan rings is 1. The van der Waals surface area contributed by atoms with Crippen molar-refractivity contribution >= 4 is 11.9 Å².